The molecule has 1 rings (SSSR count). The summed E-state index contributed by atoms with van der Waals surface area (Å²) in [5, 5.41) is 0. The van der Waals surface area contributed by atoms with Crippen LogP contribution in [0.25, 0.3) is 0 Å². The average Bonchev–Trinajstić information content (AvgIpc) is 1.90. The van der Waals surface area contributed by atoms with Gasteiger partial charge in [0.1, 0.15) is 0 Å². The molecule has 3 heteroatoms. The lowest BCUT2D eigenvalue weighted by atomic mass is 9.99. The number of rotatable bonds is 1. The quantitative estimate of drug-likeness (QED) is 0.673. The maximum Gasteiger partial charge on any atom is -0.00163 e. The summed E-state index contributed by atoms with van der Waals surface area (Å²) in [7, 11) is 0. The molecule has 11 heavy (non-hydrogen) atoms. The topological polar surface area (TPSA) is 38.2 Å². The summed E-state index contributed by atoms with van der Waals surface area (Å²) in [6.07, 6.45) is 2.82. The number of halogens is 1. The highest BCUT2D eigenvalue weighted by Gasteiger charge is 2.12. The van der Waals surface area contributed by atoms with Gasteiger partial charge in [-0.3, -0.25) is 0 Å². The van der Waals surface area contributed by atoms with Crippen molar-refractivity contribution in [3.63, 3.8) is 0 Å². The van der Waals surface area contributed by atoms with Crippen molar-refractivity contribution in [3.05, 3.63) is 0 Å². The summed E-state index contributed by atoms with van der Waals surface area (Å²) in [6.45, 7) is 8.51. The number of hydrogen-bond donors (Lipinski definition) is 1. The van der Waals surface area contributed by atoms with Crippen LogP contribution in [0.3, 0.4) is 0 Å². The standard InChI is InChI=1S/C8H17N.ClH.H3N/c1-3-9-6-4-8(2)5-7-9;;/h8H,3-7H2,1-2H3;1H;1H3. The van der Waals surface area contributed by atoms with Crippen LogP contribution in [0.5, 0.6) is 0 Å². The van der Waals surface area contributed by atoms with Gasteiger partial charge >= 0.3 is 0 Å². The summed E-state index contributed by atoms with van der Waals surface area (Å²) in [6, 6.07) is 0. The third kappa shape index (κ3) is 4.62. The van der Waals surface area contributed by atoms with Crippen molar-refractivity contribution in [1.29, 1.82) is 0 Å². The molecule has 0 unspecified atom stereocenters. The lowest BCUT2D eigenvalue weighted by Crippen LogP contribution is -2.32. The Hall–Kier alpha value is 0.210. The molecule has 1 fully saturated rings. The maximum atomic E-state index is 2.53. The van der Waals surface area contributed by atoms with E-state index in [0.717, 1.165) is 5.92 Å². The highest BCUT2D eigenvalue weighted by atomic mass is 35.5. The molecule has 0 aliphatic carbocycles. The Morgan fingerprint density at radius 3 is 2.09 bits per heavy atom. The van der Waals surface area contributed by atoms with Crippen LogP contribution in [0.15, 0.2) is 0 Å². The van der Waals surface area contributed by atoms with E-state index >= 15 is 0 Å². The number of hydrogen-bond acceptors (Lipinski definition) is 2. The van der Waals surface area contributed by atoms with Gasteiger partial charge in [-0.2, -0.15) is 0 Å². The Morgan fingerprint density at radius 1 is 1.27 bits per heavy atom. The fraction of sp³-hybridized carbons (Fsp3) is 1.00. The first-order chi connectivity index (χ1) is 4.33. The van der Waals surface area contributed by atoms with Crippen molar-refractivity contribution in [3.8, 4) is 0 Å². The Labute approximate surface area is 76.3 Å². The van der Waals surface area contributed by atoms with E-state index in [1.807, 2.05) is 0 Å². The minimum Gasteiger partial charge on any atom is -0.344 e. The third-order valence-corrected chi connectivity index (χ3v) is 2.32. The minimum absolute atomic E-state index is 0. The first kappa shape index (κ1) is 13.8. The van der Waals surface area contributed by atoms with E-state index < -0.39 is 0 Å². The molecule has 0 bridgehead atoms. The van der Waals surface area contributed by atoms with Crippen LogP contribution in [-0.4, -0.2) is 24.5 Å². The molecule has 1 saturated heterocycles. The maximum absolute atomic E-state index is 2.53. The Balaban J connectivity index is 0. The van der Waals surface area contributed by atoms with E-state index in [9.17, 15) is 0 Å². The first-order valence-electron chi connectivity index (χ1n) is 4.05. The van der Waals surface area contributed by atoms with Crippen LogP contribution in [0, 0.1) is 5.92 Å². The molecule has 1 aliphatic heterocycles. The molecule has 0 radical (unpaired) electrons. The van der Waals surface area contributed by atoms with Gasteiger partial charge in [-0.15, -0.1) is 12.4 Å². The predicted molar refractivity (Wildman–Crippen MR) is 52.8 cm³/mol. The average molecular weight is 181 g/mol. The van der Waals surface area contributed by atoms with Crippen molar-refractivity contribution in [2.24, 2.45) is 5.92 Å². The summed E-state index contributed by atoms with van der Waals surface area (Å²) < 4.78 is 0. The largest absolute Gasteiger partial charge is 0.344 e. The molecule has 0 atom stereocenters. The summed E-state index contributed by atoms with van der Waals surface area (Å²) in [5.74, 6) is 0.979. The Morgan fingerprint density at radius 2 is 1.73 bits per heavy atom. The summed E-state index contributed by atoms with van der Waals surface area (Å²) in [4.78, 5) is 2.53. The van der Waals surface area contributed by atoms with E-state index in [2.05, 4.69) is 18.7 Å². The zero-order valence-electron chi connectivity index (χ0n) is 7.68. The van der Waals surface area contributed by atoms with Gasteiger partial charge < -0.3 is 11.1 Å². The number of likely N-dealkylation sites (tertiary alicyclic amines) is 1. The van der Waals surface area contributed by atoms with Gasteiger partial charge in [0.15, 0.2) is 0 Å². The number of nitrogens with zero attached hydrogens (tertiary/aromatic N) is 1. The normalized spacial score (nSPS) is 20.2. The molecule has 2 nitrogen and oxygen atoms in total. The van der Waals surface area contributed by atoms with Crippen LogP contribution in [-0.2, 0) is 0 Å². The molecule has 0 spiro atoms. The molecule has 1 aliphatic rings. The summed E-state index contributed by atoms with van der Waals surface area (Å²) in [5.41, 5.74) is 0. The van der Waals surface area contributed by atoms with Crippen molar-refractivity contribution in [2.45, 2.75) is 26.7 Å². The smallest absolute Gasteiger partial charge is 0.00163 e. The van der Waals surface area contributed by atoms with E-state index in [4.69, 9.17) is 0 Å². The van der Waals surface area contributed by atoms with Crippen LogP contribution < -0.4 is 6.15 Å². The second-order valence-corrected chi connectivity index (χ2v) is 3.12. The molecule has 3 N–H and O–H groups in total. The zero-order valence-corrected chi connectivity index (χ0v) is 8.49. The molecule has 1 heterocycles. The highest BCUT2D eigenvalue weighted by Crippen LogP contribution is 2.14. The van der Waals surface area contributed by atoms with E-state index in [-0.39, 0.29) is 18.6 Å². The Bertz CT molecular complexity index is 80.2. The fourth-order valence-electron chi connectivity index (χ4n) is 1.38. The second-order valence-electron chi connectivity index (χ2n) is 3.12. The summed E-state index contributed by atoms with van der Waals surface area (Å²) >= 11 is 0. The Kier molecular flexibility index (Phi) is 8.63. The molecule has 0 aromatic heterocycles. The molecule has 70 valence electrons. The van der Waals surface area contributed by atoms with E-state index in [1.54, 1.807) is 0 Å². The van der Waals surface area contributed by atoms with E-state index in [1.165, 1.54) is 32.5 Å². The molecule has 0 aromatic rings. The van der Waals surface area contributed by atoms with Gasteiger partial charge in [0.05, 0.1) is 0 Å². The van der Waals surface area contributed by atoms with Crippen LogP contribution in [0.4, 0.5) is 0 Å². The van der Waals surface area contributed by atoms with Gasteiger partial charge in [-0.1, -0.05) is 13.8 Å². The van der Waals surface area contributed by atoms with Crippen molar-refractivity contribution in [1.82, 2.24) is 11.1 Å². The van der Waals surface area contributed by atoms with Gasteiger partial charge in [-0.25, -0.2) is 0 Å². The van der Waals surface area contributed by atoms with Crippen LogP contribution in [0.1, 0.15) is 26.7 Å². The minimum atomic E-state index is 0. The van der Waals surface area contributed by atoms with Crippen LogP contribution in [0.2, 0.25) is 0 Å². The second kappa shape index (κ2) is 6.89. The first-order valence-corrected chi connectivity index (χ1v) is 4.05. The molecule has 0 saturated carbocycles. The SMILES string of the molecule is CCN1CCC(C)CC1.Cl.N. The van der Waals surface area contributed by atoms with E-state index in [0.29, 0.717) is 0 Å². The van der Waals surface area contributed by atoms with Crippen LogP contribution >= 0.6 is 12.4 Å². The van der Waals surface area contributed by atoms with Gasteiger partial charge in [-0.05, 0) is 38.4 Å². The lowest BCUT2D eigenvalue weighted by molar-refractivity contribution is 0.201. The lowest BCUT2D eigenvalue weighted by Gasteiger charge is -2.28. The van der Waals surface area contributed by atoms with Crippen molar-refractivity contribution < 1.29 is 0 Å². The molecular weight excluding hydrogens is 160 g/mol. The molecule has 0 aromatic carbocycles. The van der Waals surface area contributed by atoms with Crippen molar-refractivity contribution >= 4 is 12.4 Å². The molecular formula is C8H21ClN2. The number of piperidine rings is 1. The monoisotopic (exact) mass is 180 g/mol. The van der Waals surface area contributed by atoms with Crippen molar-refractivity contribution in [2.75, 3.05) is 19.6 Å². The zero-order chi connectivity index (χ0) is 6.69. The molecule has 0 amide bonds. The highest BCUT2D eigenvalue weighted by molar-refractivity contribution is 5.85. The fourth-order valence-corrected chi connectivity index (χ4v) is 1.38. The van der Waals surface area contributed by atoms with Gasteiger partial charge in [0.2, 0.25) is 0 Å². The predicted octanol–water partition coefficient (Wildman–Crippen LogP) is 2.32. The van der Waals surface area contributed by atoms with Gasteiger partial charge in [0, 0.05) is 0 Å². The van der Waals surface area contributed by atoms with Gasteiger partial charge in [0.25, 0.3) is 0 Å². The third-order valence-electron chi connectivity index (χ3n) is 2.32.